The molecule has 5 nitrogen and oxygen atoms in total. The molecule has 7 heteroatoms. The van der Waals surface area contributed by atoms with Crippen molar-refractivity contribution in [2.24, 2.45) is 18.5 Å². The zero-order valence-corrected chi connectivity index (χ0v) is 14.3. The van der Waals surface area contributed by atoms with E-state index in [0.717, 1.165) is 15.8 Å². The van der Waals surface area contributed by atoms with Crippen LogP contribution in [0.4, 0.5) is 4.39 Å². The van der Waals surface area contributed by atoms with Gasteiger partial charge in [0.05, 0.1) is 11.7 Å². The normalized spacial score (nSPS) is 11.9. The van der Waals surface area contributed by atoms with E-state index >= 15 is 0 Å². The molecule has 0 aliphatic carbocycles. The van der Waals surface area contributed by atoms with Crippen LogP contribution in [0.1, 0.15) is 4.88 Å². The first-order valence-electron chi connectivity index (χ1n) is 7.76. The zero-order chi connectivity index (χ0) is 17.7. The molecule has 4 N–H and O–H groups in total. The molecular weight excluding hydrogens is 341 g/mol. The number of aromatic nitrogens is 1. The van der Waals surface area contributed by atoms with Gasteiger partial charge < -0.3 is 15.9 Å². The minimum Gasteiger partial charge on any atom is -0.408 e. The van der Waals surface area contributed by atoms with Gasteiger partial charge in [-0.25, -0.2) is 9.18 Å². The van der Waals surface area contributed by atoms with Crippen molar-refractivity contribution in [2.45, 2.75) is 12.6 Å². The lowest BCUT2D eigenvalue weighted by molar-refractivity contribution is 0.528. The van der Waals surface area contributed by atoms with Crippen LogP contribution >= 0.6 is 11.3 Å². The molecular formula is C18H16FN3O2S. The number of oxazole rings is 1. The van der Waals surface area contributed by atoms with Gasteiger partial charge in [-0.3, -0.25) is 4.57 Å². The van der Waals surface area contributed by atoms with E-state index in [0.29, 0.717) is 27.8 Å². The number of nitrogens with two attached hydrogens (primary N) is 2. The van der Waals surface area contributed by atoms with Crippen LogP contribution in [-0.4, -0.2) is 10.7 Å². The molecule has 0 aliphatic rings. The SMILES string of the molecule is Cn1c(=O)oc2ccc(-c3ccc4sc(CC(N)N)c(F)c4c3)cc21. The van der Waals surface area contributed by atoms with E-state index in [1.54, 1.807) is 13.1 Å². The number of hydrogen-bond donors (Lipinski definition) is 2. The van der Waals surface area contributed by atoms with E-state index in [2.05, 4.69) is 0 Å². The largest absolute Gasteiger partial charge is 0.419 e. The Morgan fingerprint density at radius 2 is 1.92 bits per heavy atom. The zero-order valence-electron chi connectivity index (χ0n) is 13.5. The van der Waals surface area contributed by atoms with Gasteiger partial charge in [-0.1, -0.05) is 12.1 Å². The fraction of sp³-hybridized carbons (Fsp3) is 0.167. The fourth-order valence-corrected chi connectivity index (χ4v) is 4.08. The summed E-state index contributed by atoms with van der Waals surface area (Å²) in [6.07, 6.45) is -0.268. The Morgan fingerprint density at radius 1 is 1.20 bits per heavy atom. The second kappa shape index (κ2) is 5.80. The lowest BCUT2D eigenvalue weighted by Gasteiger charge is -2.03. The van der Waals surface area contributed by atoms with Gasteiger partial charge in [0.2, 0.25) is 0 Å². The highest BCUT2D eigenvalue weighted by molar-refractivity contribution is 7.19. The molecule has 0 amide bonds. The van der Waals surface area contributed by atoms with Crippen LogP contribution in [0.15, 0.2) is 45.6 Å². The second-order valence-corrected chi connectivity index (χ2v) is 7.16. The maximum Gasteiger partial charge on any atom is 0.419 e. The van der Waals surface area contributed by atoms with E-state index in [1.165, 1.54) is 15.9 Å². The van der Waals surface area contributed by atoms with Crippen LogP contribution in [0.25, 0.3) is 32.3 Å². The van der Waals surface area contributed by atoms with E-state index in [4.69, 9.17) is 15.9 Å². The Balaban J connectivity index is 1.85. The molecule has 2 aromatic carbocycles. The Labute approximate surface area is 146 Å². The molecule has 4 aromatic rings. The summed E-state index contributed by atoms with van der Waals surface area (Å²) in [5.41, 5.74) is 14.1. The minimum atomic E-state index is -0.577. The van der Waals surface area contributed by atoms with Crippen molar-refractivity contribution >= 4 is 32.5 Å². The molecule has 0 saturated carbocycles. The van der Waals surface area contributed by atoms with Crippen molar-refractivity contribution in [3.8, 4) is 11.1 Å². The number of halogens is 1. The van der Waals surface area contributed by atoms with Crippen molar-refractivity contribution in [1.82, 2.24) is 4.57 Å². The van der Waals surface area contributed by atoms with Gasteiger partial charge in [0.25, 0.3) is 0 Å². The standard InChI is InChI=1S/C18H16FN3O2S/c1-22-12-7-10(2-4-13(12)24-18(22)23)9-3-5-14-11(6-9)17(19)15(25-14)8-16(20)21/h2-7,16H,8,20-21H2,1H3. The highest BCUT2D eigenvalue weighted by atomic mass is 32.1. The van der Waals surface area contributed by atoms with E-state index < -0.39 is 11.9 Å². The maximum absolute atomic E-state index is 14.6. The number of fused-ring (bicyclic) bond motifs is 2. The molecule has 2 aromatic heterocycles. The average molecular weight is 357 g/mol. The average Bonchev–Trinajstić information content (AvgIpc) is 3.04. The highest BCUT2D eigenvalue weighted by Gasteiger charge is 2.15. The summed E-state index contributed by atoms with van der Waals surface area (Å²) in [6, 6.07) is 11.1. The molecule has 0 unspecified atom stereocenters. The molecule has 0 atom stereocenters. The van der Waals surface area contributed by atoms with Gasteiger partial charge in [-0.15, -0.1) is 11.3 Å². The first-order valence-corrected chi connectivity index (χ1v) is 8.58. The molecule has 0 bridgehead atoms. The summed E-state index contributed by atoms with van der Waals surface area (Å²) in [5, 5.41) is 0.555. The van der Waals surface area contributed by atoms with E-state index in [-0.39, 0.29) is 5.82 Å². The third-order valence-electron chi connectivity index (χ3n) is 4.24. The van der Waals surface area contributed by atoms with Crippen LogP contribution in [0, 0.1) is 5.82 Å². The molecule has 25 heavy (non-hydrogen) atoms. The van der Waals surface area contributed by atoms with Crippen molar-refractivity contribution in [2.75, 3.05) is 0 Å². The van der Waals surface area contributed by atoms with Gasteiger partial charge in [-0.05, 0) is 35.4 Å². The molecule has 0 spiro atoms. The van der Waals surface area contributed by atoms with Crippen LogP contribution in [0.3, 0.4) is 0 Å². The first-order chi connectivity index (χ1) is 11.9. The van der Waals surface area contributed by atoms with Gasteiger partial charge in [0, 0.05) is 28.4 Å². The number of hydrogen-bond acceptors (Lipinski definition) is 5. The number of rotatable bonds is 3. The lowest BCUT2D eigenvalue weighted by Crippen LogP contribution is -2.32. The van der Waals surface area contributed by atoms with Crippen molar-refractivity contribution in [3.63, 3.8) is 0 Å². The monoisotopic (exact) mass is 357 g/mol. The van der Waals surface area contributed by atoms with Crippen LogP contribution in [0.5, 0.6) is 0 Å². The second-order valence-electron chi connectivity index (χ2n) is 6.03. The lowest BCUT2D eigenvalue weighted by atomic mass is 10.0. The Kier molecular flexibility index (Phi) is 3.72. The van der Waals surface area contributed by atoms with E-state index in [1.807, 2.05) is 30.3 Å². The maximum atomic E-state index is 14.6. The van der Waals surface area contributed by atoms with Crippen LogP contribution < -0.4 is 17.2 Å². The smallest absolute Gasteiger partial charge is 0.408 e. The van der Waals surface area contributed by atoms with Gasteiger partial charge in [0.1, 0.15) is 5.82 Å². The molecule has 2 heterocycles. The van der Waals surface area contributed by atoms with Gasteiger partial charge >= 0.3 is 5.76 Å². The Bertz CT molecular complexity index is 1160. The fourth-order valence-electron chi connectivity index (χ4n) is 2.95. The third kappa shape index (κ3) is 2.66. The molecule has 0 radical (unpaired) electrons. The molecule has 4 rings (SSSR count). The first kappa shape index (κ1) is 16.0. The molecule has 0 fully saturated rings. The summed E-state index contributed by atoms with van der Waals surface area (Å²) >= 11 is 1.37. The van der Waals surface area contributed by atoms with Crippen molar-refractivity contribution in [3.05, 3.63) is 57.6 Å². The third-order valence-corrected chi connectivity index (χ3v) is 5.41. The molecule has 0 saturated heterocycles. The van der Waals surface area contributed by atoms with Crippen molar-refractivity contribution < 1.29 is 8.81 Å². The van der Waals surface area contributed by atoms with Crippen LogP contribution in [-0.2, 0) is 13.5 Å². The van der Waals surface area contributed by atoms with Gasteiger partial charge in [-0.2, -0.15) is 0 Å². The predicted octanol–water partition coefficient (Wildman–Crippen LogP) is 2.94. The topological polar surface area (TPSA) is 87.2 Å². The number of nitrogens with zero attached hydrogens (tertiary/aromatic N) is 1. The predicted molar refractivity (Wildman–Crippen MR) is 98.1 cm³/mol. The van der Waals surface area contributed by atoms with Crippen LogP contribution in [0.2, 0.25) is 0 Å². The summed E-state index contributed by atoms with van der Waals surface area (Å²) in [4.78, 5) is 12.2. The van der Waals surface area contributed by atoms with E-state index in [9.17, 15) is 9.18 Å². The Morgan fingerprint density at radius 3 is 2.68 bits per heavy atom. The van der Waals surface area contributed by atoms with Crippen molar-refractivity contribution in [1.29, 1.82) is 0 Å². The van der Waals surface area contributed by atoms with Gasteiger partial charge in [0.15, 0.2) is 5.58 Å². The minimum absolute atomic E-state index is 0.264. The molecule has 128 valence electrons. The highest BCUT2D eigenvalue weighted by Crippen LogP contribution is 2.34. The Hall–Kier alpha value is -2.48. The summed E-state index contributed by atoms with van der Waals surface area (Å²) in [6.45, 7) is 0. The number of benzene rings is 2. The molecule has 0 aliphatic heterocycles. The summed E-state index contributed by atoms with van der Waals surface area (Å²) < 4.78 is 22.1. The number of aryl methyl sites for hydroxylation is 1. The summed E-state index contributed by atoms with van der Waals surface area (Å²) in [5.74, 6) is -0.672. The quantitative estimate of drug-likeness (QED) is 0.552. The summed E-state index contributed by atoms with van der Waals surface area (Å²) in [7, 11) is 1.65. The number of thiophene rings is 1.